The van der Waals surface area contributed by atoms with Gasteiger partial charge in [-0.15, -0.1) is 37.0 Å². The lowest BCUT2D eigenvalue weighted by Gasteiger charge is -2.48. The van der Waals surface area contributed by atoms with E-state index in [1.54, 1.807) is 77.9 Å². The Morgan fingerprint density at radius 2 is 1.27 bits per heavy atom. The van der Waals surface area contributed by atoms with Crippen LogP contribution in [0.2, 0.25) is 0 Å². The second-order valence-corrected chi connectivity index (χ2v) is 32.7. The summed E-state index contributed by atoms with van der Waals surface area (Å²) in [6.07, 6.45) is 13.4. The van der Waals surface area contributed by atoms with Gasteiger partial charge in [0.2, 0.25) is 0 Å². The molecule has 3 heterocycles. The highest BCUT2D eigenvalue weighted by Gasteiger charge is 2.53. The van der Waals surface area contributed by atoms with E-state index in [4.69, 9.17) is 67.7 Å². The van der Waals surface area contributed by atoms with Crippen LogP contribution in [0.15, 0.2) is 58.3 Å². The molecule has 18 atom stereocenters. The number of rotatable bonds is 21. The van der Waals surface area contributed by atoms with Gasteiger partial charge in [-0.05, 0) is 199 Å². The minimum atomic E-state index is -3.62. The fraction of sp³-hybridized carbons (Fsp3) is 0.753. The third-order valence-electron chi connectivity index (χ3n) is 18.6. The van der Waals surface area contributed by atoms with Gasteiger partial charge in [0.1, 0.15) is 30.0 Å². The fourth-order valence-corrected chi connectivity index (χ4v) is 14.2. The minimum Gasteiger partial charge on any atom is -0.459 e. The lowest BCUT2D eigenvalue weighted by molar-refractivity contribution is -0.318. The zero-order valence-corrected chi connectivity index (χ0v) is 67.5. The van der Waals surface area contributed by atoms with Crippen molar-refractivity contribution < 1.29 is 84.9 Å². The molecule has 582 valence electrons. The summed E-state index contributed by atoms with van der Waals surface area (Å²) in [4.78, 5) is 20.8. The third-order valence-corrected chi connectivity index (χ3v) is 21.3. The number of methoxy groups -OCH3 is 1. The Morgan fingerprint density at radius 1 is 0.752 bits per heavy atom. The van der Waals surface area contributed by atoms with E-state index in [9.17, 15) is 47.2 Å². The highest BCUT2D eigenvalue weighted by molar-refractivity contribution is 8.13. The number of hydrogen-bond acceptors (Lipinski definition) is 21. The van der Waals surface area contributed by atoms with Gasteiger partial charge in [0, 0.05) is 86.7 Å². The van der Waals surface area contributed by atoms with Crippen LogP contribution in [0.4, 0.5) is 0 Å². The summed E-state index contributed by atoms with van der Waals surface area (Å²) in [6, 6.07) is 13.5. The average Bonchev–Trinajstić information content (AvgIpc) is 1.51. The molecule has 0 spiro atoms. The van der Waals surface area contributed by atoms with Gasteiger partial charge < -0.3 is 68.9 Å². The Hall–Kier alpha value is -3.82. The van der Waals surface area contributed by atoms with Crippen molar-refractivity contribution in [2.45, 2.75) is 314 Å². The molecule has 3 aliphatic heterocycles. The lowest BCUT2D eigenvalue weighted by Crippen LogP contribution is -2.60. The van der Waals surface area contributed by atoms with Crippen molar-refractivity contribution in [3.63, 3.8) is 0 Å². The van der Waals surface area contributed by atoms with E-state index in [2.05, 4.69) is 64.2 Å². The number of benzene rings is 2. The molecule has 2 aromatic carbocycles. The number of aliphatic hydroxyl groups excluding tert-OH is 4. The number of terminal acetylenes is 3. The fourth-order valence-electron chi connectivity index (χ4n) is 12.5. The summed E-state index contributed by atoms with van der Waals surface area (Å²) in [5.41, 5.74) is -2.35. The molecule has 0 aromatic heterocycles. The highest BCUT2D eigenvalue weighted by Crippen LogP contribution is 2.40. The topological polar surface area (TPSA) is 281 Å². The first-order valence-corrected chi connectivity index (χ1v) is 39.5. The number of halogens is 1. The van der Waals surface area contributed by atoms with Crippen molar-refractivity contribution in [3.8, 4) is 37.0 Å². The van der Waals surface area contributed by atoms with Gasteiger partial charge in [0.05, 0.1) is 57.9 Å². The van der Waals surface area contributed by atoms with Gasteiger partial charge >= 0.3 is 5.97 Å². The van der Waals surface area contributed by atoms with Gasteiger partial charge in [-0.3, -0.25) is 13.9 Å². The number of aryl methyl sites for hydroxylation is 2. The van der Waals surface area contributed by atoms with Crippen LogP contribution < -0.4 is 0 Å². The summed E-state index contributed by atoms with van der Waals surface area (Å²) < 4.78 is 87.3. The largest absolute Gasteiger partial charge is 0.459 e. The summed E-state index contributed by atoms with van der Waals surface area (Å²) in [5.74, 6) is 4.92. The number of carbonyl (C=O) groups is 1. The van der Waals surface area contributed by atoms with E-state index in [1.165, 1.54) is 26.2 Å². The van der Waals surface area contributed by atoms with Crippen LogP contribution in [0.3, 0.4) is 0 Å². The predicted octanol–water partition coefficient (Wildman–Crippen LogP) is 10.7. The van der Waals surface area contributed by atoms with Crippen molar-refractivity contribution in [2.24, 2.45) is 17.8 Å². The molecule has 21 nitrogen and oxygen atoms in total. The molecular weight excluding hydrogens is 1350 g/mol. The molecule has 101 heavy (non-hydrogen) atoms. The number of esters is 1. The zero-order chi connectivity index (χ0) is 78.0. The third kappa shape index (κ3) is 33.7. The van der Waals surface area contributed by atoms with Crippen LogP contribution in [0.5, 0.6) is 0 Å². The molecule has 3 aliphatic rings. The van der Waals surface area contributed by atoms with Crippen molar-refractivity contribution >= 4 is 35.8 Å². The monoisotopic (exact) mass is 1490 g/mol. The van der Waals surface area contributed by atoms with Crippen LogP contribution in [0, 0.1) is 68.6 Å². The number of nitrogens with zero attached hydrogens (tertiary/aromatic N) is 3. The quantitative estimate of drug-likeness (QED) is 0.0223. The molecule has 0 radical (unpaired) electrons. The normalized spacial score (nSPS) is 30.6. The summed E-state index contributed by atoms with van der Waals surface area (Å²) in [7, 11) is 5.04. The smallest absolute Gasteiger partial charge is 0.311 e. The standard InChI is InChI=1S/C38H72N2O12.C13H16O3S.C8H19N.C7H7ClO2S.C6H10O.C5H8/c1-15-27-38(10,46)31(42)24(6)40(13)19-20(2)17-36(8,45)33(52-35-29(41)26(39(11)12)16-21(3)48-35)22(4)30(23(5)34(44)50-27)51-28-18-37(9,47-14)32(43)25(7)49-28;1-3-4-5-6-11-16-17(14,15)13-9-7-12(2)8-10-13;1-6-9(7(2)3)8(4)5;1-6-2-4-7(5-3-6)11(8,9)10;1-2-3-4-5-6-7;1-3-5-4-2/h20-33,35,41-43,45-46H,15-19H2,1-14H3;1,7-10H,4-6,11H2,2H3;7-8H,6H2,1-5H3;2-5H,1H3;1,7H,3-6H2;1H,4-5H2,2H3/t20-,21-,22+,23-,24-,25+,26+,27-,28-,29-,30+,31-,32+,33-,35+,36-,37-,38-;;;;;/m1...../s1. The zero-order valence-electron chi connectivity index (χ0n) is 65.1. The van der Waals surface area contributed by atoms with E-state index in [0.717, 1.165) is 56.2 Å². The maximum absolute atomic E-state index is 14.2. The molecule has 6 N–H and O–H groups in total. The molecule has 0 saturated carbocycles. The molecule has 0 unspecified atom stereocenters. The number of carbonyl (C=O) groups excluding carboxylic acids is 1. The Bertz CT molecular complexity index is 2970. The van der Waals surface area contributed by atoms with Gasteiger partial charge in [-0.1, -0.05) is 70.0 Å². The van der Waals surface area contributed by atoms with Gasteiger partial charge in [-0.2, -0.15) is 8.42 Å². The molecule has 5 rings (SSSR count). The number of ether oxygens (including phenoxy) is 6. The van der Waals surface area contributed by atoms with Gasteiger partial charge in [0.25, 0.3) is 19.2 Å². The first-order chi connectivity index (χ1) is 46.9. The van der Waals surface area contributed by atoms with Crippen LogP contribution in [-0.4, -0.2) is 225 Å². The maximum Gasteiger partial charge on any atom is 0.311 e. The molecule has 0 aliphatic carbocycles. The second-order valence-electron chi connectivity index (χ2n) is 28.5. The van der Waals surface area contributed by atoms with Crippen molar-refractivity contribution in [1.82, 2.24) is 14.7 Å². The predicted molar refractivity (Wildman–Crippen MR) is 402 cm³/mol. The Morgan fingerprint density at radius 3 is 1.69 bits per heavy atom. The molecule has 24 heteroatoms. The van der Waals surface area contributed by atoms with Crippen molar-refractivity contribution in [3.05, 3.63) is 59.7 Å². The van der Waals surface area contributed by atoms with Crippen LogP contribution in [-0.2, 0) is 56.6 Å². The lowest BCUT2D eigenvalue weighted by atomic mass is 9.77. The number of unbranched alkanes of at least 4 members (excludes halogenated alkanes) is 5. The van der Waals surface area contributed by atoms with Gasteiger partial charge in [-0.25, -0.2) is 8.42 Å². The minimum absolute atomic E-state index is 0.133. The van der Waals surface area contributed by atoms with E-state index >= 15 is 0 Å². The second kappa shape index (κ2) is 47.7. The molecule has 0 amide bonds. The summed E-state index contributed by atoms with van der Waals surface area (Å²) in [5, 5.41) is 66.4. The van der Waals surface area contributed by atoms with Crippen LogP contribution >= 0.6 is 10.7 Å². The van der Waals surface area contributed by atoms with Crippen molar-refractivity contribution in [1.29, 1.82) is 0 Å². The summed E-state index contributed by atoms with van der Waals surface area (Å²) in [6.45, 7) is 36.7. The Balaban J connectivity index is 0.00000162. The number of likely N-dealkylation sites (N-methyl/N-ethyl adjacent to an activating group) is 2. The SMILES string of the molecule is C#CCCC.C#CCCCCO.C#CCCCCOS(=O)(=O)c1ccc(C)cc1.CCN(C(C)C)C(C)C.CC[C@H]1OC(=O)[C@H](C)[C@@H](O[C@@H]2C[C@@](C)(OC)[C@@H](O)[C@H](C)O2)[C@H](C)[C@@H](O[C@@H]2O[C@H](C)C[C@H](N(C)C)[C@H]2O)[C@](C)(O)C[C@@H](C)CN(C)[C@H](C)[C@@H](O)[C@]1(C)O.Cc1ccc(S(=O)(=O)Cl)cc1. The first kappa shape index (κ1) is 97.2. The molecular formula is C77H132ClN3O18S2. The van der Waals surface area contributed by atoms with E-state index in [-0.39, 0.29) is 60.3 Å². The number of cyclic esters (lactones) is 1. The van der Waals surface area contributed by atoms with Gasteiger partial charge in [0.15, 0.2) is 12.6 Å². The Kier molecular flexibility index (Phi) is 45.9. The van der Waals surface area contributed by atoms with Crippen LogP contribution in [0.25, 0.3) is 0 Å². The molecule has 0 bridgehead atoms. The van der Waals surface area contributed by atoms with Crippen LogP contribution in [0.1, 0.15) is 199 Å². The van der Waals surface area contributed by atoms with E-state index < -0.39 is 115 Å². The maximum atomic E-state index is 14.2. The number of aliphatic hydroxyl groups is 6. The van der Waals surface area contributed by atoms with Crippen molar-refractivity contribution in [2.75, 3.05) is 54.6 Å². The number of hydrogen-bond donors (Lipinski definition) is 6. The summed E-state index contributed by atoms with van der Waals surface area (Å²) >= 11 is 0. The van der Waals surface area contributed by atoms with E-state index in [1.807, 2.05) is 65.6 Å². The first-order valence-electron chi connectivity index (χ1n) is 35.8. The highest BCUT2D eigenvalue weighted by atomic mass is 35.7. The van der Waals surface area contributed by atoms with E-state index in [0.29, 0.717) is 37.9 Å². The molecule has 2 aromatic rings. The molecule has 3 fully saturated rings. The Labute approximate surface area is 614 Å². The molecule has 3 saturated heterocycles. The average molecular weight is 1490 g/mol.